The van der Waals surface area contributed by atoms with E-state index in [0.29, 0.717) is 23.4 Å². The van der Waals surface area contributed by atoms with E-state index in [-0.39, 0.29) is 6.10 Å². The second-order valence-electron chi connectivity index (χ2n) is 5.39. The van der Waals surface area contributed by atoms with Crippen LogP contribution in [0.2, 0.25) is 0 Å². The highest BCUT2D eigenvalue weighted by atomic mass is 16.5. The van der Waals surface area contributed by atoms with Crippen LogP contribution in [-0.4, -0.2) is 24.4 Å². The molecule has 0 aromatic rings. The molecule has 0 saturated heterocycles. The first-order chi connectivity index (χ1) is 6.62. The van der Waals surface area contributed by atoms with E-state index in [1.807, 2.05) is 7.11 Å². The van der Waals surface area contributed by atoms with Crippen molar-refractivity contribution in [3.63, 3.8) is 0 Å². The summed E-state index contributed by atoms with van der Waals surface area (Å²) in [5.74, 6) is 0.886. The molecule has 0 aliphatic heterocycles. The van der Waals surface area contributed by atoms with Crippen LogP contribution in [0.15, 0.2) is 0 Å². The maximum atomic E-state index is 10.1. The average Bonchev–Trinajstić information content (AvgIpc) is 1.99. The van der Waals surface area contributed by atoms with Gasteiger partial charge in [0.25, 0.3) is 0 Å². The van der Waals surface area contributed by atoms with Crippen molar-refractivity contribution in [2.45, 2.75) is 51.7 Å². The van der Waals surface area contributed by atoms with Crippen LogP contribution < -0.4 is 0 Å². The Morgan fingerprint density at radius 1 is 1.36 bits per heavy atom. The van der Waals surface area contributed by atoms with E-state index in [1.165, 1.54) is 19.3 Å². The van der Waals surface area contributed by atoms with Crippen molar-refractivity contribution in [2.24, 2.45) is 17.3 Å². The number of hydrogen-bond acceptors (Lipinski definition) is 2. The van der Waals surface area contributed by atoms with Gasteiger partial charge in [-0.3, -0.25) is 0 Å². The average molecular weight is 198 g/mol. The van der Waals surface area contributed by atoms with Crippen LogP contribution in [0.5, 0.6) is 0 Å². The third-order valence-electron chi connectivity index (χ3n) is 4.51. The molecule has 2 aliphatic rings. The summed E-state index contributed by atoms with van der Waals surface area (Å²) < 4.78 is 5.49. The van der Waals surface area contributed by atoms with Gasteiger partial charge in [-0.1, -0.05) is 20.3 Å². The van der Waals surface area contributed by atoms with Crippen molar-refractivity contribution in [1.82, 2.24) is 0 Å². The minimum absolute atomic E-state index is 0.123. The van der Waals surface area contributed by atoms with Crippen LogP contribution in [-0.2, 0) is 4.74 Å². The number of rotatable bonds is 3. The largest absolute Gasteiger partial charge is 0.393 e. The van der Waals surface area contributed by atoms with Gasteiger partial charge in [-0.15, -0.1) is 0 Å². The molecule has 2 aliphatic carbocycles. The molecule has 0 aromatic heterocycles. The molecule has 0 aromatic carbocycles. The number of hydrogen-bond donors (Lipinski definition) is 1. The van der Waals surface area contributed by atoms with Crippen molar-refractivity contribution < 1.29 is 9.84 Å². The molecule has 0 amide bonds. The van der Waals surface area contributed by atoms with E-state index in [4.69, 9.17) is 4.74 Å². The summed E-state index contributed by atoms with van der Waals surface area (Å²) in [6, 6.07) is 0. The molecule has 0 radical (unpaired) electrons. The van der Waals surface area contributed by atoms with Crippen LogP contribution in [0.1, 0.15) is 39.5 Å². The zero-order chi connectivity index (χ0) is 10.3. The van der Waals surface area contributed by atoms with E-state index >= 15 is 0 Å². The van der Waals surface area contributed by atoms with Crippen LogP contribution in [0, 0.1) is 17.3 Å². The second kappa shape index (κ2) is 3.49. The first-order valence-corrected chi connectivity index (χ1v) is 5.82. The Kier molecular flexibility index (Phi) is 2.61. The summed E-state index contributed by atoms with van der Waals surface area (Å²) in [5.41, 5.74) is 0.360. The van der Waals surface area contributed by atoms with Crippen molar-refractivity contribution >= 4 is 0 Å². The van der Waals surface area contributed by atoms with Crippen LogP contribution in [0.3, 0.4) is 0 Å². The van der Waals surface area contributed by atoms with Gasteiger partial charge >= 0.3 is 0 Å². The third-order valence-corrected chi connectivity index (χ3v) is 4.51. The molecule has 0 bridgehead atoms. The lowest BCUT2D eigenvalue weighted by Crippen LogP contribution is -2.62. The molecule has 14 heavy (non-hydrogen) atoms. The van der Waals surface area contributed by atoms with E-state index in [1.54, 1.807) is 0 Å². The maximum Gasteiger partial charge on any atom is 0.0635 e. The van der Waals surface area contributed by atoms with E-state index in [9.17, 15) is 5.11 Å². The fourth-order valence-corrected chi connectivity index (χ4v) is 3.33. The summed E-state index contributed by atoms with van der Waals surface area (Å²) in [6.07, 6.45) is 5.22. The number of ether oxygens (including phenoxy) is 1. The Balaban J connectivity index is 2.02. The Labute approximate surface area is 86.6 Å². The number of aliphatic hydroxyl groups is 1. The van der Waals surface area contributed by atoms with Gasteiger partial charge in [0.05, 0.1) is 12.2 Å². The van der Waals surface area contributed by atoms with E-state index in [0.717, 1.165) is 6.42 Å². The van der Waals surface area contributed by atoms with Gasteiger partial charge in [-0.05, 0) is 31.1 Å². The molecule has 2 heteroatoms. The van der Waals surface area contributed by atoms with Crippen LogP contribution in [0.4, 0.5) is 0 Å². The van der Waals surface area contributed by atoms with Gasteiger partial charge in [0.1, 0.15) is 0 Å². The minimum atomic E-state index is -0.123. The predicted octanol–water partition coefficient (Wildman–Crippen LogP) is 2.21. The van der Waals surface area contributed by atoms with Gasteiger partial charge in [-0.25, -0.2) is 0 Å². The van der Waals surface area contributed by atoms with Gasteiger partial charge in [0, 0.05) is 12.5 Å². The van der Waals surface area contributed by atoms with Crippen molar-refractivity contribution in [3.8, 4) is 0 Å². The van der Waals surface area contributed by atoms with Gasteiger partial charge in [0.15, 0.2) is 0 Å². The van der Waals surface area contributed by atoms with Gasteiger partial charge in [-0.2, -0.15) is 0 Å². The SMILES string of the molecule is COC1CC(C(O)C(C)C)C12CCC2. The topological polar surface area (TPSA) is 29.5 Å². The molecular weight excluding hydrogens is 176 g/mol. The molecule has 1 spiro atoms. The lowest BCUT2D eigenvalue weighted by Gasteiger charge is -2.62. The molecule has 2 rings (SSSR count). The van der Waals surface area contributed by atoms with Crippen LogP contribution >= 0.6 is 0 Å². The Hall–Kier alpha value is -0.0800. The number of aliphatic hydroxyl groups excluding tert-OH is 1. The van der Waals surface area contributed by atoms with E-state index < -0.39 is 0 Å². The van der Waals surface area contributed by atoms with E-state index in [2.05, 4.69) is 13.8 Å². The maximum absolute atomic E-state index is 10.1. The quantitative estimate of drug-likeness (QED) is 0.753. The number of methoxy groups -OCH3 is 1. The molecule has 1 N–H and O–H groups in total. The molecule has 3 atom stereocenters. The monoisotopic (exact) mass is 198 g/mol. The molecule has 3 unspecified atom stereocenters. The molecule has 82 valence electrons. The summed E-state index contributed by atoms with van der Waals surface area (Å²) in [7, 11) is 1.81. The Morgan fingerprint density at radius 2 is 2.00 bits per heavy atom. The first-order valence-electron chi connectivity index (χ1n) is 5.82. The molecule has 0 heterocycles. The minimum Gasteiger partial charge on any atom is -0.393 e. The third kappa shape index (κ3) is 1.24. The first kappa shape index (κ1) is 10.4. The zero-order valence-electron chi connectivity index (χ0n) is 9.49. The van der Waals surface area contributed by atoms with Crippen molar-refractivity contribution in [2.75, 3.05) is 7.11 Å². The van der Waals surface area contributed by atoms with Crippen molar-refractivity contribution in [1.29, 1.82) is 0 Å². The van der Waals surface area contributed by atoms with Crippen LogP contribution in [0.25, 0.3) is 0 Å². The normalized spacial score (nSPS) is 36.6. The standard InChI is InChI=1S/C12H22O2/c1-8(2)11(13)9-7-10(14-3)12(9)5-4-6-12/h8-11,13H,4-7H2,1-3H3. The van der Waals surface area contributed by atoms with Gasteiger partial charge in [0.2, 0.25) is 0 Å². The molecule has 2 saturated carbocycles. The smallest absolute Gasteiger partial charge is 0.0635 e. The molecule has 2 fully saturated rings. The predicted molar refractivity (Wildman–Crippen MR) is 56.0 cm³/mol. The summed E-state index contributed by atoms with van der Waals surface area (Å²) >= 11 is 0. The summed E-state index contributed by atoms with van der Waals surface area (Å²) in [5, 5.41) is 10.1. The second-order valence-corrected chi connectivity index (χ2v) is 5.39. The molecular formula is C12H22O2. The fourth-order valence-electron chi connectivity index (χ4n) is 3.33. The highest BCUT2D eigenvalue weighted by Crippen LogP contribution is 2.62. The highest BCUT2D eigenvalue weighted by Gasteiger charge is 2.60. The summed E-state index contributed by atoms with van der Waals surface area (Å²) in [6.45, 7) is 4.22. The Bertz CT molecular complexity index is 208. The lowest BCUT2D eigenvalue weighted by molar-refractivity contribution is -0.219. The summed E-state index contributed by atoms with van der Waals surface area (Å²) in [4.78, 5) is 0. The molecule has 2 nitrogen and oxygen atoms in total. The van der Waals surface area contributed by atoms with Gasteiger partial charge < -0.3 is 9.84 Å². The Morgan fingerprint density at radius 3 is 2.36 bits per heavy atom. The fraction of sp³-hybridized carbons (Fsp3) is 1.00. The zero-order valence-corrected chi connectivity index (χ0v) is 9.49. The van der Waals surface area contributed by atoms with Crippen molar-refractivity contribution in [3.05, 3.63) is 0 Å². The lowest BCUT2D eigenvalue weighted by atomic mass is 9.46. The highest BCUT2D eigenvalue weighted by molar-refractivity contribution is 5.10.